The summed E-state index contributed by atoms with van der Waals surface area (Å²) < 4.78 is 21.5. The number of carbonyl (C=O) groups is 3. The fourth-order valence-corrected chi connectivity index (χ4v) is 1.71. The summed E-state index contributed by atoms with van der Waals surface area (Å²) in [4.78, 5) is 35.2. The van der Waals surface area contributed by atoms with Crippen molar-refractivity contribution in [3.8, 4) is 0 Å². The Morgan fingerprint density at radius 3 is 2.29 bits per heavy atom. The summed E-state index contributed by atoms with van der Waals surface area (Å²) in [5.74, 6) is -1.99. The minimum absolute atomic E-state index is 0.375. The van der Waals surface area contributed by atoms with Crippen molar-refractivity contribution >= 4 is 27.9 Å². The molecule has 0 saturated carbocycles. The Balaban J connectivity index is 2.89. The highest BCUT2D eigenvalue weighted by molar-refractivity contribution is 7.89. The van der Waals surface area contributed by atoms with Gasteiger partial charge in [-0.2, -0.15) is 0 Å². The number of nitrogens with zero attached hydrogens (tertiary/aromatic N) is 1. The number of imide groups is 2. The van der Waals surface area contributed by atoms with E-state index in [0.29, 0.717) is 4.90 Å². The number of amides is 4. The zero-order valence-electron chi connectivity index (χ0n) is 9.39. The Labute approximate surface area is 98.2 Å². The number of sulfonamides is 1. The Bertz CT molecular complexity index is 481. The minimum atomic E-state index is -3.78. The molecule has 0 unspecified atom stereocenters. The maximum absolute atomic E-state index is 11.8. The molecule has 1 saturated heterocycles. The topological polar surface area (TPSA) is 127 Å². The first-order valence-corrected chi connectivity index (χ1v) is 6.45. The zero-order valence-corrected chi connectivity index (χ0v) is 10.2. The van der Waals surface area contributed by atoms with Crippen LogP contribution in [-0.2, 0) is 19.6 Å². The average molecular weight is 263 g/mol. The van der Waals surface area contributed by atoms with Crippen molar-refractivity contribution in [2.24, 2.45) is 10.6 Å². The van der Waals surface area contributed by atoms with Crippen LogP contribution in [0.5, 0.6) is 0 Å². The predicted molar refractivity (Wildman–Crippen MR) is 57.0 cm³/mol. The molecule has 8 nitrogen and oxygen atoms in total. The Kier molecular flexibility index (Phi) is 3.26. The molecule has 1 heterocycles. The maximum Gasteiger partial charge on any atom is 0.330 e. The molecule has 3 N–H and O–H groups in total. The molecule has 0 radical (unpaired) electrons. The fraction of sp³-hybridized carbons (Fsp3) is 0.625. The van der Waals surface area contributed by atoms with E-state index in [0.717, 1.165) is 0 Å². The van der Waals surface area contributed by atoms with Crippen LogP contribution in [0, 0.1) is 5.41 Å². The van der Waals surface area contributed by atoms with Gasteiger partial charge in [0.15, 0.2) is 0 Å². The molecule has 0 spiro atoms. The molecule has 0 aromatic carbocycles. The van der Waals surface area contributed by atoms with Gasteiger partial charge in [0.1, 0.15) is 5.41 Å². The minimum Gasteiger partial charge on any atom is -0.277 e. The second-order valence-electron chi connectivity index (χ2n) is 4.21. The summed E-state index contributed by atoms with van der Waals surface area (Å²) in [5, 5.41) is 6.75. The number of primary sulfonamides is 1. The van der Waals surface area contributed by atoms with Crippen molar-refractivity contribution in [2.75, 3.05) is 12.3 Å². The standard InChI is InChI=1S/C8H13N3O5S/c1-8(2)5(12)10-7(14)11(6(8)13)3-4-17(9,15)16/h3-4H2,1-2H3,(H2,9,15,16)(H,10,12,14). The summed E-state index contributed by atoms with van der Waals surface area (Å²) in [6.45, 7) is 2.32. The van der Waals surface area contributed by atoms with Crippen LogP contribution in [0.2, 0.25) is 0 Å². The molecule has 9 heteroatoms. The Morgan fingerprint density at radius 1 is 1.29 bits per heavy atom. The molecule has 4 amide bonds. The quantitative estimate of drug-likeness (QED) is 0.591. The lowest BCUT2D eigenvalue weighted by Crippen LogP contribution is -2.62. The molecule has 1 fully saturated rings. The van der Waals surface area contributed by atoms with Gasteiger partial charge in [0.05, 0.1) is 5.75 Å². The molecule has 1 aliphatic heterocycles. The average Bonchev–Trinajstić information content (AvgIpc) is 2.13. The second kappa shape index (κ2) is 4.08. The highest BCUT2D eigenvalue weighted by Crippen LogP contribution is 2.23. The van der Waals surface area contributed by atoms with E-state index >= 15 is 0 Å². The molecule has 1 aliphatic rings. The second-order valence-corrected chi connectivity index (χ2v) is 5.94. The number of nitrogens with two attached hydrogens (primary N) is 1. The van der Waals surface area contributed by atoms with Gasteiger partial charge < -0.3 is 0 Å². The highest BCUT2D eigenvalue weighted by atomic mass is 32.2. The first-order chi connectivity index (χ1) is 7.55. The molecule has 17 heavy (non-hydrogen) atoms. The van der Waals surface area contributed by atoms with Crippen molar-refractivity contribution in [1.29, 1.82) is 0 Å². The Morgan fingerprint density at radius 2 is 1.82 bits per heavy atom. The van der Waals surface area contributed by atoms with E-state index < -0.39 is 39.0 Å². The number of barbiturate groups is 1. The molecule has 1 rings (SSSR count). The van der Waals surface area contributed by atoms with E-state index in [1.54, 1.807) is 0 Å². The molecular formula is C8H13N3O5S. The normalized spacial score (nSPS) is 20.4. The number of rotatable bonds is 3. The van der Waals surface area contributed by atoms with E-state index in [-0.39, 0.29) is 6.54 Å². The molecule has 0 bridgehead atoms. The monoisotopic (exact) mass is 263 g/mol. The largest absolute Gasteiger partial charge is 0.330 e. The van der Waals surface area contributed by atoms with Crippen LogP contribution >= 0.6 is 0 Å². The van der Waals surface area contributed by atoms with Gasteiger partial charge in [-0.05, 0) is 13.8 Å². The number of hydrogen-bond donors (Lipinski definition) is 2. The first kappa shape index (κ1) is 13.6. The molecule has 0 aliphatic carbocycles. The summed E-state index contributed by atoms with van der Waals surface area (Å²) in [7, 11) is -3.78. The number of hydrogen-bond acceptors (Lipinski definition) is 5. The summed E-state index contributed by atoms with van der Waals surface area (Å²) in [5.41, 5.74) is -1.40. The number of urea groups is 1. The summed E-state index contributed by atoms with van der Waals surface area (Å²) >= 11 is 0. The maximum atomic E-state index is 11.8. The smallest absolute Gasteiger partial charge is 0.277 e. The highest BCUT2D eigenvalue weighted by Gasteiger charge is 2.46. The molecule has 96 valence electrons. The van der Waals surface area contributed by atoms with Gasteiger partial charge in [-0.1, -0.05) is 0 Å². The van der Waals surface area contributed by atoms with Gasteiger partial charge in [-0.25, -0.2) is 18.4 Å². The van der Waals surface area contributed by atoms with Crippen molar-refractivity contribution in [3.05, 3.63) is 0 Å². The molecule has 0 atom stereocenters. The molecule has 0 aromatic heterocycles. The van der Waals surface area contributed by atoms with Gasteiger partial charge in [0, 0.05) is 6.54 Å². The van der Waals surface area contributed by atoms with E-state index in [1.807, 2.05) is 5.32 Å². The summed E-state index contributed by atoms with van der Waals surface area (Å²) in [6.07, 6.45) is 0. The third-order valence-electron chi connectivity index (χ3n) is 2.41. The Hall–Kier alpha value is -1.48. The van der Waals surface area contributed by atoms with Gasteiger partial charge in [-0.15, -0.1) is 0 Å². The van der Waals surface area contributed by atoms with Crippen molar-refractivity contribution < 1.29 is 22.8 Å². The van der Waals surface area contributed by atoms with Gasteiger partial charge in [0.25, 0.3) is 0 Å². The third-order valence-corrected chi connectivity index (χ3v) is 3.16. The molecule has 0 aromatic rings. The van der Waals surface area contributed by atoms with Crippen LogP contribution in [-0.4, -0.2) is 43.5 Å². The fourth-order valence-electron chi connectivity index (χ4n) is 1.27. The van der Waals surface area contributed by atoms with Gasteiger partial charge in [0.2, 0.25) is 21.8 Å². The lowest BCUT2D eigenvalue weighted by Gasteiger charge is -2.34. The predicted octanol–water partition coefficient (Wildman–Crippen LogP) is -1.62. The van der Waals surface area contributed by atoms with Crippen LogP contribution in [0.15, 0.2) is 0 Å². The lowest BCUT2D eigenvalue weighted by atomic mass is 9.89. The van der Waals surface area contributed by atoms with E-state index in [1.165, 1.54) is 13.8 Å². The van der Waals surface area contributed by atoms with Crippen LogP contribution in [0.25, 0.3) is 0 Å². The van der Waals surface area contributed by atoms with Crippen LogP contribution in [0.1, 0.15) is 13.8 Å². The third kappa shape index (κ3) is 2.80. The van der Waals surface area contributed by atoms with Crippen molar-refractivity contribution in [1.82, 2.24) is 10.2 Å². The lowest BCUT2D eigenvalue weighted by molar-refractivity contribution is -0.148. The van der Waals surface area contributed by atoms with Crippen LogP contribution < -0.4 is 10.5 Å². The number of carbonyl (C=O) groups excluding carboxylic acids is 3. The molecular weight excluding hydrogens is 250 g/mol. The van der Waals surface area contributed by atoms with E-state index in [9.17, 15) is 22.8 Å². The van der Waals surface area contributed by atoms with Crippen molar-refractivity contribution in [3.63, 3.8) is 0 Å². The van der Waals surface area contributed by atoms with E-state index in [2.05, 4.69) is 0 Å². The van der Waals surface area contributed by atoms with E-state index in [4.69, 9.17) is 5.14 Å². The van der Waals surface area contributed by atoms with Gasteiger partial charge in [-0.3, -0.25) is 19.8 Å². The zero-order chi connectivity index (χ0) is 13.4. The first-order valence-electron chi connectivity index (χ1n) is 4.73. The SMILES string of the molecule is CC1(C)C(=O)NC(=O)N(CCS(N)(=O)=O)C1=O. The van der Waals surface area contributed by atoms with Crippen LogP contribution in [0.4, 0.5) is 4.79 Å². The van der Waals surface area contributed by atoms with Gasteiger partial charge >= 0.3 is 6.03 Å². The van der Waals surface area contributed by atoms with Crippen molar-refractivity contribution in [2.45, 2.75) is 13.8 Å². The summed E-state index contributed by atoms with van der Waals surface area (Å²) in [6, 6.07) is -0.928. The number of nitrogens with one attached hydrogen (secondary N) is 1. The van der Waals surface area contributed by atoms with Crippen LogP contribution in [0.3, 0.4) is 0 Å².